The molecule has 0 aromatic heterocycles. The number of likely N-dealkylation sites (N-methyl/N-ethyl adjacent to an activating group) is 1. The Kier molecular flexibility index (Phi) is 5.67. The first-order valence-electron chi connectivity index (χ1n) is 13.7. The summed E-state index contributed by atoms with van der Waals surface area (Å²) in [5.74, 6) is 0.261. The molecule has 36 heavy (non-hydrogen) atoms. The predicted molar refractivity (Wildman–Crippen MR) is 141 cm³/mol. The average Bonchev–Trinajstić information content (AvgIpc) is 3.07. The van der Waals surface area contributed by atoms with Gasteiger partial charge in [-0.1, -0.05) is 23.7 Å². The van der Waals surface area contributed by atoms with Crippen molar-refractivity contribution in [2.75, 3.05) is 51.3 Å². The fourth-order valence-electron chi connectivity index (χ4n) is 5.55. The van der Waals surface area contributed by atoms with Crippen molar-refractivity contribution in [2.45, 2.75) is 42.1 Å². The van der Waals surface area contributed by atoms with Crippen LogP contribution in [-0.4, -0.2) is 70.9 Å². The quantitative estimate of drug-likeness (QED) is 0.537. The van der Waals surface area contributed by atoms with Crippen molar-refractivity contribution >= 4 is 33.0 Å². The highest BCUT2D eigenvalue weighted by Gasteiger charge is 2.53. The largest absolute Gasteiger partial charge is 0.492 e. The van der Waals surface area contributed by atoms with E-state index in [9.17, 15) is 13.2 Å². The lowest BCUT2D eigenvalue weighted by Crippen LogP contribution is -2.55. The van der Waals surface area contributed by atoms with Gasteiger partial charge in [0.25, 0.3) is 0 Å². The monoisotopic (exact) mass is 535 g/mol. The van der Waals surface area contributed by atoms with Crippen molar-refractivity contribution in [3.63, 3.8) is 0 Å². The Bertz CT molecular complexity index is 1350. The number of ether oxygens (including phenoxy) is 2. The number of rotatable bonds is 7. The predicted octanol–water partition coefficient (Wildman–Crippen LogP) is 3.78. The number of carbonyl (C=O) groups is 1. The molecule has 2 aromatic rings. The molecule has 3 heterocycles. The zero-order valence-electron chi connectivity index (χ0n) is 23.5. The third kappa shape index (κ3) is 3.93. The van der Waals surface area contributed by atoms with Gasteiger partial charge in [0.1, 0.15) is 17.1 Å². The summed E-state index contributed by atoms with van der Waals surface area (Å²) >= 11 is 6.24. The lowest BCUT2D eigenvalue weighted by atomic mass is 9.73. The molecule has 2 aromatic carbocycles. The molecule has 0 saturated carbocycles. The average molecular weight is 536 g/mol. The molecule has 0 unspecified atom stereocenters. The van der Waals surface area contributed by atoms with Crippen LogP contribution in [0.3, 0.4) is 0 Å². The van der Waals surface area contributed by atoms with Crippen LogP contribution in [0.2, 0.25) is 5.02 Å². The molecule has 2 fully saturated rings. The molecule has 5 rings (SSSR count). The Hall–Kier alpha value is -2.13. The third-order valence-corrected chi connectivity index (χ3v) is 11.0. The summed E-state index contributed by atoms with van der Waals surface area (Å²) in [7, 11) is -3.38. The fourth-order valence-corrected chi connectivity index (χ4v) is 7.58. The SMILES string of the molecule is [2H]C([2H])([2H])N1C(=O)C2(CCN(CCOc3ccc(C4(S(=O)(=O)C(C)C)COC4)cc3)CC2)c2cc(Cl)ccc21. The van der Waals surface area contributed by atoms with Gasteiger partial charge in [-0.2, -0.15) is 0 Å². The molecule has 194 valence electrons. The topological polar surface area (TPSA) is 76.2 Å². The number of fused-ring (bicyclic) bond motifs is 2. The fraction of sp³-hybridized carbons (Fsp3) is 0.519. The van der Waals surface area contributed by atoms with E-state index in [2.05, 4.69) is 4.90 Å². The van der Waals surface area contributed by atoms with E-state index in [1.165, 1.54) is 0 Å². The summed E-state index contributed by atoms with van der Waals surface area (Å²) in [6.45, 7) is 3.42. The number of hydrogen-bond donors (Lipinski definition) is 0. The van der Waals surface area contributed by atoms with E-state index in [0.717, 1.165) is 4.90 Å². The van der Waals surface area contributed by atoms with Gasteiger partial charge in [-0.3, -0.25) is 9.69 Å². The minimum Gasteiger partial charge on any atom is -0.492 e. The molecule has 3 aliphatic heterocycles. The smallest absolute Gasteiger partial charge is 0.237 e. The van der Waals surface area contributed by atoms with Crippen LogP contribution in [0.1, 0.15) is 41.9 Å². The van der Waals surface area contributed by atoms with E-state index in [-0.39, 0.29) is 19.1 Å². The van der Waals surface area contributed by atoms with Crippen molar-refractivity contribution in [1.82, 2.24) is 4.90 Å². The molecule has 7 nitrogen and oxygen atoms in total. The molecule has 0 aliphatic carbocycles. The molecule has 1 spiro atoms. The summed E-state index contributed by atoms with van der Waals surface area (Å²) in [5.41, 5.74) is 0.936. The van der Waals surface area contributed by atoms with E-state index >= 15 is 0 Å². The zero-order chi connectivity index (χ0) is 28.2. The Labute approximate surface area is 222 Å². The number of sulfone groups is 1. The number of nitrogens with zero attached hydrogens (tertiary/aromatic N) is 2. The molecule has 2 saturated heterocycles. The van der Waals surface area contributed by atoms with Crippen LogP contribution in [0.25, 0.3) is 0 Å². The first-order chi connectivity index (χ1) is 18.3. The molecule has 0 bridgehead atoms. The second kappa shape index (κ2) is 9.31. The maximum absolute atomic E-state index is 13.5. The molecule has 0 radical (unpaired) electrons. The van der Waals surface area contributed by atoms with E-state index in [4.69, 9.17) is 25.2 Å². The minimum atomic E-state index is -3.38. The van der Waals surface area contributed by atoms with Gasteiger partial charge in [0.05, 0.1) is 23.9 Å². The summed E-state index contributed by atoms with van der Waals surface area (Å²) in [6.07, 6.45) is 0.990. The number of benzene rings is 2. The van der Waals surface area contributed by atoms with Gasteiger partial charge >= 0.3 is 0 Å². The van der Waals surface area contributed by atoms with Crippen LogP contribution in [0.4, 0.5) is 5.69 Å². The highest BCUT2D eigenvalue weighted by molar-refractivity contribution is 7.93. The Balaban J connectivity index is 1.20. The van der Waals surface area contributed by atoms with Crippen LogP contribution < -0.4 is 9.64 Å². The first kappa shape index (κ1) is 21.9. The van der Waals surface area contributed by atoms with Gasteiger partial charge in [0.2, 0.25) is 5.91 Å². The van der Waals surface area contributed by atoms with Crippen LogP contribution in [-0.2, 0) is 29.5 Å². The highest BCUT2D eigenvalue weighted by atomic mass is 35.5. The van der Waals surface area contributed by atoms with E-state index in [1.54, 1.807) is 56.3 Å². The van der Waals surface area contributed by atoms with Crippen LogP contribution in [0.5, 0.6) is 5.75 Å². The van der Waals surface area contributed by atoms with Crippen LogP contribution in [0.15, 0.2) is 42.5 Å². The van der Waals surface area contributed by atoms with Gasteiger partial charge in [0.15, 0.2) is 9.84 Å². The molecule has 1 amide bonds. The number of anilines is 1. The van der Waals surface area contributed by atoms with Crippen LogP contribution in [0, 0.1) is 0 Å². The van der Waals surface area contributed by atoms with Gasteiger partial charge in [0, 0.05) is 28.3 Å². The number of piperidine rings is 1. The number of halogens is 1. The van der Waals surface area contributed by atoms with E-state index in [1.807, 2.05) is 0 Å². The normalized spacial score (nSPS) is 22.6. The lowest BCUT2D eigenvalue weighted by molar-refractivity contribution is -0.124. The lowest BCUT2D eigenvalue weighted by Gasteiger charge is -2.42. The van der Waals surface area contributed by atoms with E-state index in [0.29, 0.717) is 66.7 Å². The van der Waals surface area contributed by atoms with E-state index < -0.39 is 32.2 Å². The summed E-state index contributed by atoms with van der Waals surface area (Å²) < 4.78 is 59.9. The Morgan fingerprint density at radius 1 is 1.14 bits per heavy atom. The number of likely N-dealkylation sites (tertiary alicyclic amines) is 1. The summed E-state index contributed by atoms with van der Waals surface area (Å²) in [5, 5.41) is -0.0183. The molecule has 0 N–H and O–H groups in total. The zero-order valence-corrected chi connectivity index (χ0v) is 22.1. The molecule has 9 heteroatoms. The van der Waals surface area contributed by atoms with Crippen molar-refractivity contribution in [3.8, 4) is 5.75 Å². The molecule has 3 aliphatic rings. The number of carbonyl (C=O) groups excluding carboxylic acids is 1. The second-order valence-corrected chi connectivity index (χ2v) is 13.4. The van der Waals surface area contributed by atoms with Crippen LogP contribution >= 0.6 is 11.6 Å². The summed E-state index contributed by atoms with van der Waals surface area (Å²) in [4.78, 5) is 16.6. The van der Waals surface area contributed by atoms with Gasteiger partial charge < -0.3 is 14.4 Å². The standard InChI is InChI=1S/C27H33ClN2O5S/c1-19(2)36(32,33)27(17-34-18-27)20-4-7-22(8-5-20)35-15-14-30-12-10-26(11-13-30)23-16-21(28)6-9-24(23)29(3)25(26)31/h4-9,16,19H,10-15,17-18H2,1-3H3/i3D3. The van der Waals surface area contributed by atoms with Crippen molar-refractivity contribution in [2.24, 2.45) is 0 Å². The second-order valence-electron chi connectivity index (χ2n) is 10.2. The number of hydrogen-bond acceptors (Lipinski definition) is 6. The molecule has 0 atom stereocenters. The maximum Gasteiger partial charge on any atom is 0.237 e. The van der Waals surface area contributed by atoms with Crippen molar-refractivity contribution < 1.29 is 26.8 Å². The van der Waals surface area contributed by atoms with Gasteiger partial charge in [-0.25, -0.2) is 8.42 Å². The molecular weight excluding hydrogens is 500 g/mol. The van der Waals surface area contributed by atoms with Gasteiger partial charge in [-0.05, 0) is 81.2 Å². The number of amides is 1. The van der Waals surface area contributed by atoms with Crippen molar-refractivity contribution in [1.29, 1.82) is 0 Å². The molecular formula is C27H33ClN2O5S. The first-order valence-corrected chi connectivity index (χ1v) is 14.2. The third-order valence-electron chi connectivity index (χ3n) is 7.93. The Morgan fingerprint density at radius 3 is 2.42 bits per heavy atom. The summed E-state index contributed by atoms with van der Waals surface area (Å²) in [6, 6.07) is 12.2. The Morgan fingerprint density at radius 2 is 1.83 bits per heavy atom. The highest BCUT2D eigenvalue weighted by Crippen LogP contribution is 2.48. The maximum atomic E-state index is 13.5. The van der Waals surface area contributed by atoms with Gasteiger partial charge in [-0.15, -0.1) is 0 Å². The van der Waals surface area contributed by atoms with Crippen molar-refractivity contribution in [3.05, 3.63) is 58.6 Å². The minimum absolute atomic E-state index is 0.160.